The average molecular weight is 413 g/mol. The van der Waals surface area contributed by atoms with Crippen LogP contribution in [0.2, 0.25) is 0 Å². The molecule has 1 aliphatic rings. The lowest BCUT2D eigenvalue weighted by atomic mass is 10.0. The summed E-state index contributed by atoms with van der Waals surface area (Å²) in [7, 11) is 1.27. The lowest BCUT2D eigenvalue weighted by molar-refractivity contribution is -0.146. The molecule has 1 N–H and O–H groups in total. The van der Waals surface area contributed by atoms with Crippen LogP contribution in [-0.2, 0) is 38.3 Å². The second-order valence-electron chi connectivity index (χ2n) is 6.77. The molecule has 7 nitrogen and oxygen atoms in total. The van der Waals surface area contributed by atoms with Crippen molar-refractivity contribution in [1.29, 1.82) is 0 Å². The van der Waals surface area contributed by atoms with Crippen molar-refractivity contribution in [2.75, 3.05) is 19.0 Å². The van der Waals surface area contributed by atoms with E-state index in [1.54, 1.807) is 17.7 Å². The van der Waals surface area contributed by atoms with Crippen LogP contribution in [0.4, 0.5) is 5.69 Å². The summed E-state index contributed by atoms with van der Waals surface area (Å²) in [4.78, 5) is 36.2. The van der Waals surface area contributed by atoms with Crippen LogP contribution in [0.5, 0.6) is 0 Å². The van der Waals surface area contributed by atoms with Gasteiger partial charge in [0.25, 0.3) is 5.91 Å². The molecule has 3 aromatic rings. The van der Waals surface area contributed by atoms with E-state index in [1.165, 1.54) is 18.2 Å². The minimum atomic E-state index is -0.536. The number of benzene rings is 1. The number of hydrogen-bond acceptors (Lipinski definition) is 7. The second-order valence-corrected chi connectivity index (χ2v) is 7.69. The maximum Gasteiger partial charge on any atom is 0.350 e. The van der Waals surface area contributed by atoms with Crippen molar-refractivity contribution in [1.82, 2.24) is 0 Å². The molecule has 0 bridgehead atoms. The molecule has 8 heteroatoms. The van der Waals surface area contributed by atoms with Crippen LogP contribution in [0.25, 0.3) is 11.0 Å². The van der Waals surface area contributed by atoms with Crippen molar-refractivity contribution in [3.8, 4) is 0 Å². The van der Waals surface area contributed by atoms with E-state index >= 15 is 0 Å². The van der Waals surface area contributed by atoms with Gasteiger partial charge in [-0.25, -0.2) is 4.79 Å². The summed E-state index contributed by atoms with van der Waals surface area (Å²) in [5, 5.41) is 5.12. The molecule has 0 saturated heterocycles. The van der Waals surface area contributed by atoms with Gasteiger partial charge in [-0.2, -0.15) is 0 Å². The molecule has 0 aliphatic heterocycles. The first-order valence-corrected chi connectivity index (χ1v) is 10.1. The number of anilines is 1. The van der Waals surface area contributed by atoms with E-state index in [0.29, 0.717) is 5.69 Å². The predicted molar refractivity (Wildman–Crippen MR) is 107 cm³/mol. The highest BCUT2D eigenvalue weighted by molar-refractivity contribution is 7.12. The van der Waals surface area contributed by atoms with Gasteiger partial charge in [-0.1, -0.05) is 0 Å². The maximum atomic E-state index is 12.2. The zero-order chi connectivity index (χ0) is 20.4. The quantitative estimate of drug-likeness (QED) is 0.622. The van der Waals surface area contributed by atoms with E-state index in [-0.39, 0.29) is 11.3 Å². The fraction of sp³-hybridized carbons (Fsp3) is 0.286. The molecule has 1 aromatic carbocycles. The third-order valence-electron chi connectivity index (χ3n) is 4.88. The maximum absolute atomic E-state index is 12.2. The third-order valence-corrected chi connectivity index (χ3v) is 5.77. The summed E-state index contributed by atoms with van der Waals surface area (Å²) < 4.78 is 15.3. The van der Waals surface area contributed by atoms with E-state index in [2.05, 4.69) is 16.1 Å². The third kappa shape index (κ3) is 4.02. The molecule has 1 aliphatic carbocycles. The normalized spacial score (nSPS) is 12.6. The van der Waals surface area contributed by atoms with Crippen LogP contribution in [0.3, 0.4) is 0 Å². The predicted octanol–water partition coefficient (Wildman–Crippen LogP) is 3.49. The van der Waals surface area contributed by atoms with E-state index in [4.69, 9.17) is 9.15 Å². The smallest absolute Gasteiger partial charge is 0.350 e. The van der Waals surface area contributed by atoms with Crippen LogP contribution >= 0.6 is 11.3 Å². The first kappa shape index (κ1) is 19.2. The van der Waals surface area contributed by atoms with Gasteiger partial charge < -0.3 is 19.2 Å². The van der Waals surface area contributed by atoms with Gasteiger partial charge >= 0.3 is 11.9 Å². The highest BCUT2D eigenvalue weighted by Gasteiger charge is 2.19. The number of thiophene rings is 1. The Bertz CT molecular complexity index is 1100. The van der Waals surface area contributed by atoms with Crippen LogP contribution in [-0.4, -0.2) is 31.6 Å². The Labute approximate surface area is 170 Å². The lowest BCUT2D eigenvalue weighted by Gasteiger charge is -2.07. The zero-order valence-corrected chi connectivity index (χ0v) is 16.6. The summed E-state index contributed by atoms with van der Waals surface area (Å²) in [6.45, 7) is -0.444. The van der Waals surface area contributed by atoms with Gasteiger partial charge in [-0.05, 0) is 54.0 Å². The largest absolute Gasteiger partial charge is 0.465 e. The average Bonchev–Trinajstić information content (AvgIpc) is 3.44. The molecule has 150 valence electrons. The first-order valence-electron chi connectivity index (χ1n) is 9.18. The van der Waals surface area contributed by atoms with Crippen molar-refractivity contribution >= 4 is 45.8 Å². The van der Waals surface area contributed by atoms with Gasteiger partial charge in [0.15, 0.2) is 6.61 Å². The minimum Gasteiger partial charge on any atom is -0.465 e. The van der Waals surface area contributed by atoms with E-state index in [9.17, 15) is 14.4 Å². The molecule has 0 spiro atoms. The molecule has 2 heterocycles. The minimum absolute atomic E-state index is 0.0188. The number of furan rings is 1. The summed E-state index contributed by atoms with van der Waals surface area (Å²) in [5.41, 5.74) is 4.44. The van der Waals surface area contributed by atoms with Crippen molar-refractivity contribution < 1.29 is 28.3 Å². The number of carbonyl (C=O) groups excluding carboxylic acids is 3. The molecule has 0 atom stereocenters. The number of amides is 1. The molecular formula is C21H19NO6S. The van der Waals surface area contributed by atoms with Crippen LogP contribution in [0.1, 0.15) is 32.8 Å². The van der Waals surface area contributed by atoms with E-state index < -0.39 is 24.5 Å². The van der Waals surface area contributed by atoms with Crippen molar-refractivity contribution in [2.45, 2.75) is 25.7 Å². The number of methoxy groups -OCH3 is 1. The first-order chi connectivity index (χ1) is 14.0. The number of hydrogen-bond donors (Lipinski definition) is 1. The van der Waals surface area contributed by atoms with Gasteiger partial charge in [0.1, 0.15) is 10.5 Å². The topological polar surface area (TPSA) is 94.8 Å². The van der Waals surface area contributed by atoms with Crippen molar-refractivity contribution in [2.24, 2.45) is 0 Å². The molecule has 0 saturated carbocycles. The van der Waals surface area contributed by atoms with Gasteiger partial charge in [0.2, 0.25) is 0 Å². The molecule has 0 unspecified atom stereocenters. The number of esters is 2. The highest BCUT2D eigenvalue weighted by atomic mass is 32.1. The SMILES string of the molecule is COC(=O)c1sccc1NC(=O)COC(=O)Cc1coc2cc3c(cc12)CCC3. The summed E-state index contributed by atoms with van der Waals surface area (Å²) in [5.74, 6) is -1.59. The molecule has 2 aromatic heterocycles. The van der Waals surface area contributed by atoms with Gasteiger partial charge in [-0.3, -0.25) is 9.59 Å². The monoisotopic (exact) mass is 413 g/mol. The van der Waals surface area contributed by atoms with Gasteiger partial charge in [0.05, 0.1) is 25.5 Å². The Morgan fingerprint density at radius 2 is 2.00 bits per heavy atom. The van der Waals surface area contributed by atoms with E-state index in [0.717, 1.165) is 47.1 Å². The van der Waals surface area contributed by atoms with Gasteiger partial charge in [-0.15, -0.1) is 11.3 Å². The lowest BCUT2D eigenvalue weighted by Crippen LogP contribution is -2.22. The fourth-order valence-corrected chi connectivity index (χ4v) is 4.25. The molecule has 4 rings (SSSR count). The van der Waals surface area contributed by atoms with Crippen molar-refractivity contribution in [3.05, 3.63) is 51.4 Å². The Kier molecular flexibility index (Phi) is 5.35. The summed E-state index contributed by atoms with van der Waals surface area (Å²) in [6.07, 6.45) is 4.81. The van der Waals surface area contributed by atoms with Gasteiger partial charge in [0, 0.05) is 10.9 Å². The molecule has 0 fully saturated rings. The fourth-order valence-electron chi connectivity index (χ4n) is 3.48. The Morgan fingerprint density at radius 1 is 1.21 bits per heavy atom. The molecule has 1 amide bonds. The Hall–Kier alpha value is -3.13. The number of fused-ring (bicyclic) bond motifs is 2. The zero-order valence-electron chi connectivity index (χ0n) is 15.8. The summed E-state index contributed by atoms with van der Waals surface area (Å²) in [6, 6.07) is 5.72. The number of ether oxygens (including phenoxy) is 2. The number of nitrogens with one attached hydrogen (secondary N) is 1. The van der Waals surface area contributed by atoms with Crippen molar-refractivity contribution in [3.63, 3.8) is 0 Å². The number of rotatable bonds is 6. The molecule has 29 heavy (non-hydrogen) atoms. The van der Waals surface area contributed by atoms with Crippen LogP contribution in [0.15, 0.2) is 34.3 Å². The molecule has 0 radical (unpaired) electrons. The van der Waals surface area contributed by atoms with E-state index in [1.807, 2.05) is 6.07 Å². The van der Waals surface area contributed by atoms with Crippen LogP contribution < -0.4 is 5.32 Å². The number of aryl methyl sites for hydroxylation is 2. The van der Waals surface area contributed by atoms with Crippen LogP contribution in [0, 0.1) is 0 Å². The Balaban J connectivity index is 1.35. The molecular weight excluding hydrogens is 394 g/mol. The highest BCUT2D eigenvalue weighted by Crippen LogP contribution is 2.30. The summed E-state index contributed by atoms with van der Waals surface area (Å²) >= 11 is 1.15. The Morgan fingerprint density at radius 3 is 2.79 bits per heavy atom. The second kappa shape index (κ2) is 8.08. The number of carbonyl (C=O) groups is 3. The standard InChI is InChI=1S/C21H19NO6S/c1-26-21(25)20-16(5-6-29-20)22-18(23)11-28-19(24)9-14-10-27-17-8-13-4-2-3-12(13)7-15(14)17/h5-8,10H,2-4,9,11H2,1H3,(H,22,23).